The van der Waals surface area contributed by atoms with Crippen molar-refractivity contribution in [1.82, 2.24) is 9.80 Å². The van der Waals surface area contributed by atoms with E-state index in [1.807, 2.05) is 47.4 Å². The molecule has 1 N–H and O–H groups in total. The van der Waals surface area contributed by atoms with Crippen LogP contribution in [0, 0.1) is 11.8 Å². The van der Waals surface area contributed by atoms with Crippen LogP contribution >= 0.6 is 0 Å². The number of rotatable bonds is 6. The molecule has 1 aliphatic rings. The molecule has 0 spiro atoms. The summed E-state index contributed by atoms with van der Waals surface area (Å²) < 4.78 is 5.74. The summed E-state index contributed by atoms with van der Waals surface area (Å²) in [6.07, 6.45) is 0.528. The summed E-state index contributed by atoms with van der Waals surface area (Å²) in [6, 6.07) is 17.8. The zero-order chi connectivity index (χ0) is 21.4. The minimum absolute atomic E-state index is 0.186. The molecule has 3 rings (SSSR count). The molecular formula is C25H30N2O3. The highest BCUT2D eigenvalue weighted by molar-refractivity contribution is 5.76. The number of para-hydroxylation sites is 1. The summed E-state index contributed by atoms with van der Waals surface area (Å²) in [5.74, 6) is 6.83. The molecule has 1 amide bonds. The number of carbonyl (C=O) groups is 1. The highest BCUT2D eigenvalue weighted by Gasteiger charge is 2.20. The van der Waals surface area contributed by atoms with Gasteiger partial charge in [0.1, 0.15) is 18.0 Å². The lowest BCUT2D eigenvalue weighted by atomic mass is 10.1. The van der Waals surface area contributed by atoms with Crippen LogP contribution in [0.2, 0.25) is 0 Å². The molecule has 0 unspecified atom stereocenters. The molecular weight excluding hydrogens is 376 g/mol. The van der Waals surface area contributed by atoms with Crippen LogP contribution in [0.4, 0.5) is 0 Å². The Kier molecular flexibility index (Phi) is 7.51. The number of aliphatic hydroxyl groups is 1. The van der Waals surface area contributed by atoms with Gasteiger partial charge in [0.2, 0.25) is 5.91 Å². The summed E-state index contributed by atoms with van der Waals surface area (Å²) in [7, 11) is 0. The zero-order valence-electron chi connectivity index (χ0n) is 17.8. The van der Waals surface area contributed by atoms with E-state index in [1.54, 1.807) is 13.8 Å². The molecule has 0 aliphatic carbocycles. The van der Waals surface area contributed by atoms with Gasteiger partial charge in [-0.1, -0.05) is 42.2 Å². The van der Waals surface area contributed by atoms with Crippen LogP contribution in [-0.2, 0) is 11.3 Å². The van der Waals surface area contributed by atoms with E-state index < -0.39 is 5.60 Å². The van der Waals surface area contributed by atoms with E-state index in [1.165, 1.54) is 5.56 Å². The molecule has 158 valence electrons. The molecule has 0 bridgehead atoms. The maximum Gasteiger partial charge on any atom is 0.224 e. The Morgan fingerprint density at radius 2 is 1.77 bits per heavy atom. The van der Waals surface area contributed by atoms with Gasteiger partial charge in [0, 0.05) is 38.2 Å². The van der Waals surface area contributed by atoms with Gasteiger partial charge in [-0.25, -0.2) is 0 Å². The minimum atomic E-state index is -0.991. The summed E-state index contributed by atoms with van der Waals surface area (Å²) >= 11 is 0. The molecule has 30 heavy (non-hydrogen) atoms. The summed E-state index contributed by atoms with van der Waals surface area (Å²) in [6.45, 7) is 7.58. The Bertz CT molecular complexity index is 877. The Morgan fingerprint density at radius 3 is 2.47 bits per heavy atom. The molecule has 5 heteroatoms. The van der Waals surface area contributed by atoms with Crippen LogP contribution in [0.15, 0.2) is 54.6 Å². The predicted molar refractivity (Wildman–Crippen MR) is 118 cm³/mol. The quantitative estimate of drug-likeness (QED) is 0.750. The van der Waals surface area contributed by atoms with Gasteiger partial charge in [0.15, 0.2) is 0 Å². The minimum Gasteiger partial charge on any atom is -0.492 e. The van der Waals surface area contributed by atoms with Crippen LogP contribution in [0.3, 0.4) is 0 Å². The highest BCUT2D eigenvalue weighted by Crippen LogP contribution is 2.12. The molecule has 2 aromatic carbocycles. The van der Waals surface area contributed by atoms with Crippen molar-refractivity contribution < 1.29 is 14.6 Å². The van der Waals surface area contributed by atoms with Gasteiger partial charge in [-0.3, -0.25) is 9.69 Å². The van der Waals surface area contributed by atoms with Crippen LogP contribution < -0.4 is 4.74 Å². The van der Waals surface area contributed by atoms with Crippen molar-refractivity contribution >= 4 is 5.91 Å². The maximum absolute atomic E-state index is 12.5. The van der Waals surface area contributed by atoms with Crippen molar-refractivity contribution in [1.29, 1.82) is 0 Å². The molecule has 1 fully saturated rings. The topological polar surface area (TPSA) is 53.0 Å². The van der Waals surface area contributed by atoms with E-state index >= 15 is 0 Å². The van der Waals surface area contributed by atoms with Crippen molar-refractivity contribution in [2.24, 2.45) is 0 Å². The van der Waals surface area contributed by atoms with Crippen molar-refractivity contribution in [2.75, 3.05) is 32.8 Å². The Balaban J connectivity index is 1.48. The first-order valence-corrected chi connectivity index (χ1v) is 10.4. The largest absolute Gasteiger partial charge is 0.492 e. The van der Waals surface area contributed by atoms with Gasteiger partial charge in [-0.05, 0) is 43.7 Å². The van der Waals surface area contributed by atoms with Gasteiger partial charge in [0.25, 0.3) is 0 Å². The van der Waals surface area contributed by atoms with Crippen LogP contribution in [0.1, 0.15) is 31.4 Å². The number of benzene rings is 2. The SMILES string of the molecule is CC(C)(O)C#Cc1ccc(CN2CCC(=O)N(CCOc3ccccc3)CC2)cc1. The third kappa shape index (κ3) is 7.22. The van der Waals surface area contributed by atoms with Crippen molar-refractivity contribution in [2.45, 2.75) is 32.4 Å². The van der Waals surface area contributed by atoms with Crippen LogP contribution in [0.5, 0.6) is 5.75 Å². The number of carbonyl (C=O) groups excluding carboxylic acids is 1. The first-order valence-electron chi connectivity index (χ1n) is 10.4. The predicted octanol–water partition coefficient (Wildman–Crippen LogP) is 2.92. The molecule has 0 atom stereocenters. The second-order valence-corrected chi connectivity index (χ2v) is 8.07. The average molecular weight is 407 g/mol. The molecule has 1 heterocycles. The third-order valence-corrected chi connectivity index (χ3v) is 4.93. The lowest BCUT2D eigenvalue weighted by molar-refractivity contribution is -0.130. The Morgan fingerprint density at radius 1 is 1.03 bits per heavy atom. The molecule has 1 aliphatic heterocycles. The second-order valence-electron chi connectivity index (χ2n) is 8.07. The normalized spacial score (nSPS) is 15.3. The number of hydrogen-bond donors (Lipinski definition) is 1. The molecule has 0 saturated carbocycles. The molecule has 0 aromatic heterocycles. The van der Waals surface area contributed by atoms with Crippen molar-refractivity contribution in [3.05, 3.63) is 65.7 Å². The average Bonchev–Trinajstić information content (AvgIpc) is 2.90. The van der Waals surface area contributed by atoms with Gasteiger partial charge in [-0.2, -0.15) is 0 Å². The Labute approximate surface area is 179 Å². The van der Waals surface area contributed by atoms with E-state index in [-0.39, 0.29) is 5.91 Å². The fourth-order valence-electron chi connectivity index (χ4n) is 3.27. The molecule has 1 saturated heterocycles. The molecule has 2 aromatic rings. The van der Waals surface area contributed by atoms with E-state index in [0.717, 1.165) is 30.9 Å². The maximum atomic E-state index is 12.5. The molecule has 0 radical (unpaired) electrons. The standard InChI is InChI=1S/C25H30N2O3/c1-25(2,29)14-12-21-8-10-22(11-9-21)20-26-15-13-24(28)27(17-16-26)18-19-30-23-6-4-3-5-7-23/h3-11,29H,13,15-20H2,1-2H3. The number of nitrogens with zero attached hydrogens (tertiary/aromatic N) is 2. The monoisotopic (exact) mass is 406 g/mol. The van der Waals surface area contributed by atoms with E-state index in [2.05, 4.69) is 28.9 Å². The second kappa shape index (κ2) is 10.3. The molecule has 5 nitrogen and oxygen atoms in total. The van der Waals surface area contributed by atoms with E-state index in [4.69, 9.17) is 4.74 Å². The number of amides is 1. The third-order valence-electron chi connectivity index (χ3n) is 4.93. The Hall–Kier alpha value is -2.81. The van der Waals surface area contributed by atoms with Crippen LogP contribution in [0.25, 0.3) is 0 Å². The smallest absolute Gasteiger partial charge is 0.224 e. The van der Waals surface area contributed by atoms with E-state index in [9.17, 15) is 9.90 Å². The summed E-state index contributed by atoms with van der Waals surface area (Å²) in [5.41, 5.74) is 1.09. The van der Waals surface area contributed by atoms with Gasteiger partial charge < -0.3 is 14.7 Å². The lowest BCUT2D eigenvalue weighted by Crippen LogP contribution is -2.36. The number of hydrogen-bond acceptors (Lipinski definition) is 4. The first-order chi connectivity index (χ1) is 14.4. The summed E-state index contributed by atoms with van der Waals surface area (Å²) in [5, 5.41) is 9.71. The van der Waals surface area contributed by atoms with Crippen molar-refractivity contribution in [3.63, 3.8) is 0 Å². The highest BCUT2D eigenvalue weighted by atomic mass is 16.5. The number of ether oxygens (including phenoxy) is 1. The van der Waals surface area contributed by atoms with Gasteiger partial charge in [0.05, 0.1) is 6.54 Å². The lowest BCUT2D eigenvalue weighted by Gasteiger charge is -2.22. The van der Waals surface area contributed by atoms with Gasteiger partial charge in [-0.15, -0.1) is 0 Å². The zero-order valence-corrected chi connectivity index (χ0v) is 17.8. The fraction of sp³-hybridized carbons (Fsp3) is 0.400. The fourth-order valence-corrected chi connectivity index (χ4v) is 3.27. The van der Waals surface area contributed by atoms with Crippen molar-refractivity contribution in [3.8, 4) is 17.6 Å². The van der Waals surface area contributed by atoms with Gasteiger partial charge >= 0.3 is 0 Å². The van der Waals surface area contributed by atoms with E-state index in [0.29, 0.717) is 26.1 Å². The summed E-state index contributed by atoms with van der Waals surface area (Å²) in [4.78, 5) is 16.7. The van der Waals surface area contributed by atoms with Crippen LogP contribution in [-0.4, -0.2) is 59.2 Å². The first kappa shape index (κ1) is 21.9.